The number of carboxylic acid groups (broad SMARTS) is 1. The highest BCUT2D eigenvalue weighted by molar-refractivity contribution is 5.75. The monoisotopic (exact) mass is 242 g/mol. The van der Waals surface area contributed by atoms with E-state index in [-0.39, 0.29) is 6.54 Å². The molecule has 0 aliphatic heterocycles. The van der Waals surface area contributed by atoms with Gasteiger partial charge in [-0.15, -0.1) is 0 Å². The minimum Gasteiger partial charge on any atom is -0.481 e. The number of hydrogen-bond donors (Lipinski definition) is 2. The van der Waals surface area contributed by atoms with Crippen LogP contribution in [0.5, 0.6) is 0 Å². The largest absolute Gasteiger partial charge is 0.481 e. The van der Waals surface area contributed by atoms with Gasteiger partial charge in [-0.1, -0.05) is 6.92 Å². The summed E-state index contributed by atoms with van der Waals surface area (Å²) < 4.78 is 35.2. The van der Waals surface area contributed by atoms with Gasteiger partial charge in [0, 0.05) is 13.6 Å². The SMILES string of the molecule is CC(CN(C)C(=O)NCC(F)(F)F)C(=O)O. The van der Waals surface area contributed by atoms with Crippen LogP contribution in [0.1, 0.15) is 6.92 Å². The van der Waals surface area contributed by atoms with E-state index in [1.54, 1.807) is 5.32 Å². The molecule has 0 aromatic rings. The molecule has 0 spiro atoms. The van der Waals surface area contributed by atoms with Gasteiger partial charge < -0.3 is 15.3 Å². The van der Waals surface area contributed by atoms with Crippen molar-refractivity contribution in [3.8, 4) is 0 Å². The summed E-state index contributed by atoms with van der Waals surface area (Å²) in [6.45, 7) is -0.230. The Morgan fingerprint density at radius 3 is 2.31 bits per heavy atom. The van der Waals surface area contributed by atoms with Gasteiger partial charge in [-0.2, -0.15) is 13.2 Å². The van der Waals surface area contributed by atoms with Gasteiger partial charge in [-0.05, 0) is 0 Å². The molecule has 16 heavy (non-hydrogen) atoms. The molecular weight excluding hydrogens is 229 g/mol. The summed E-state index contributed by atoms with van der Waals surface area (Å²) in [4.78, 5) is 22.4. The Kier molecular flexibility index (Phi) is 5.06. The maximum atomic E-state index is 11.7. The quantitative estimate of drug-likeness (QED) is 0.769. The van der Waals surface area contributed by atoms with Crippen LogP contribution in [-0.2, 0) is 4.79 Å². The average Bonchev–Trinajstić information content (AvgIpc) is 2.12. The fraction of sp³-hybridized carbons (Fsp3) is 0.750. The summed E-state index contributed by atoms with van der Waals surface area (Å²) in [7, 11) is 1.23. The summed E-state index contributed by atoms with van der Waals surface area (Å²) in [6.07, 6.45) is -4.48. The first-order chi connectivity index (χ1) is 7.13. The Hall–Kier alpha value is -1.47. The number of hydrogen-bond acceptors (Lipinski definition) is 2. The Morgan fingerprint density at radius 2 is 1.94 bits per heavy atom. The number of alkyl halides is 3. The zero-order valence-electron chi connectivity index (χ0n) is 8.84. The smallest absolute Gasteiger partial charge is 0.405 e. The number of aliphatic carboxylic acids is 1. The van der Waals surface area contributed by atoms with Gasteiger partial charge in [-0.25, -0.2) is 4.79 Å². The van der Waals surface area contributed by atoms with Crippen LogP contribution in [0, 0.1) is 5.92 Å². The number of urea groups is 1. The average molecular weight is 242 g/mol. The Balaban J connectivity index is 4.05. The standard InChI is InChI=1S/C8H13F3N2O3/c1-5(6(14)15)3-13(2)7(16)12-4-8(9,10)11/h5H,3-4H2,1-2H3,(H,12,16)(H,14,15). The van der Waals surface area contributed by atoms with Gasteiger partial charge in [0.1, 0.15) is 6.54 Å². The predicted octanol–water partition coefficient (Wildman–Crippen LogP) is 0.911. The molecule has 0 aliphatic carbocycles. The van der Waals surface area contributed by atoms with E-state index in [0.29, 0.717) is 0 Å². The molecule has 2 amide bonds. The number of amides is 2. The molecule has 5 nitrogen and oxygen atoms in total. The number of carbonyl (C=O) groups excluding carboxylic acids is 1. The number of nitrogens with zero attached hydrogens (tertiary/aromatic N) is 1. The van der Waals surface area contributed by atoms with Gasteiger partial charge in [0.2, 0.25) is 0 Å². The lowest BCUT2D eigenvalue weighted by molar-refractivity contribution is -0.141. The van der Waals surface area contributed by atoms with Gasteiger partial charge in [-0.3, -0.25) is 4.79 Å². The second kappa shape index (κ2) is 5.57. The van der Waals surface area contributed by atoms with Crippen molar-refractivity contribution in [2.75, 3.05) is 20.1 Å². The number of carboxylic acids is 1. The normalized spacial score (nSPS) is 13.1. The van der Waals surface area contributed by atoms with Crippen LogP contribution >= 0.6 is 0 Å². The predicted molar refractivity (Wildman–Crippen MR) is 48.9 cm³/mol. The van der Waals surface area contributed by atoms with Crippen molar-refractivity contribution in [3.05, 3.63) is 0 Å². The third-order valence-electron chi connectivity index (χ3n) is 1.76. The molecule has 0 aliphatic rings. The van der Waals surface area contributed by atoms with E-state index in [1.165, 1.54) is 14.0 Å². The van der Waals surface area contributed by atoms with Crippen LogP contribution in [0.15, 0.2) is 0 Å². The van der Waals surface area contributed by atoms with Crippen LogP contribution in [0.4, 0.5) is 18.0 Å². The van der Waals surface area contributed by atoms with Gasteiger partial charge >= 0.3 is 18.2 Å². The molecule has 0 bridgehead atoms. The van der Waals surface area contributed by atoms with Crippen molar-refractivity contribution in [1.82, 2.24) is 10.2 Å². The van der Waals surface area contributed by atoms with Crippen molar-refractivity contribution in [3.63, 3.8) is 0 Å². The summed E-state index contributed by atoms with van der Waals surface area (Å²) in [5.41, 5.74) is 0. The third kappa shape index (κ3) is 6.10. The van der Waals surface area contributed by atoms with Crippen LogP contribution in [0.3, 0.4) is 0 Å². The van der Waals surface area contributed by atoms with Crippen molar-refractivity contribution < 1.29 is 27.9 Å². The highest BCUT2D eigenvalue weighted by Crippen LogP contribution is 2.12. The lowest BCUT2D eigenvalue weighted by Crippen LogP contribution is -2.44. The van der Waals surface area contributed by atoms with Gasteiger partial charge in [0.05, 0.1) is 5.92 Å². The maximum absolute atomic E-state index is 11.7. The molecule has 1 atom stereocenters. The van der Waals surface area contributed by atoms with Gasteiger partial charge in [0.15, 0.2) is 0 Å². The summed E-state index contributed by atoms with van der Waals surface area (Å²) >= 11 is 0. The fourth-order valence-electron chi connectivity index (χ4n) is 0.883. The zero-order chi connectivity index (χ0) is 12.9. The highest BCUT2D eigenvalue weighted by atomic mass is 19.4. The number of halogens is 3. The van der Waals surface area contributed by atoms with Crippen LogP contribution < -0.4 is 5.32 Å². The molecule has 0 fully saturated rings. The molecule has 1 unspecified atom stereocenters. The fourth-order valence-corrected chi connectivity index (χ4v) is 0.883. The highest BCUT2D eigenvalue weighted by Gasteiger charge is 2.28. The molecule has 0 aromatic heterocycles. The maximum Gasteiger partial charge on any atom is 0.405 e. The Labute approximate surface area is 90.2 Å². The zero-order valence-corrected chi connectivity index (χ0v) is 8.84. The molecule has 94 valence electrons. The number of nitrogens with one attached hydrogen (secondary N) is 1. The summed E-state index contributed by atoms with van der Waals surface area (Å²) in [5.74, 6) is -1.95. The third-order valence-corrected chi connectivity index (χ3v) is 1.76. The Bertz CT molecular complexity index is 268. The molecule has 0 heterocycles. The van der Waals surface area contributed by atoms with Crippen molar-refractivity contribution in [1.29, 1.82) is 0 Å². The molecule has 0 saturated heterocycles. The first-order valence-corrected chi connectivity index (χ1v) is 4.42. The van der Waals surface area contributed by atoms with E-state index in [0.717, 1.165) is 4.90 Å². The van der Waals surface area contributed by atoms with Crippen LogP contribution in [0.2, 0.25) is 0 Å². The first-order valence-electron chi connectivity index (χ1n) is 4.42. The van der Waals surface area contributed by atoms with E-state index in [1.807, 2.05) is 0 Å². The second-order valence-electron chi connectivity index (χ2n) is 3.39. The van der Waals surface area contributed by atoms with E-state index in [9.17, 15) is 22.8 Å². The van der Waals surface area contributed by atoms with Crippen LogP contribution in [0.25, 0.3) is 0 Å². The van der Waals surface area contributed by atoms with E-state index in [4.69, 9.17) is 5.11 Å². The molecule has 2 N–H and O–H groups in total. The van der Waals surface area contributed by atoms with E-state index in [2.05, 4.69) is 0 Å². The molecule has 0 saturated carbocycles. The van der Waals surface area contributed by atoms with E-state index < -0.39 is 30.6 Å². The molecule has 0 rings (SSSR count). The van der Waals surface area contributed by atoms with Crippen molar-refractivity contribution in [2.24, 2.45) is 5.92 Å². The van der Waals surface area contributed by atoms with Crippen LogP contribution in [-0.4, -0.2) is 48.3 Å². The summed E-state index contributed by atoms with van der Waals surface area (Å²) in [5, 5.41) is 10.2. The number of rotatable bonds is 4. The van der Waals surface area contributed by atoms with Crippen molar-refractivity contribution in [2.45, 2.75) is 13.1 Å². The lowest BCUT2D eigenvalue weighted by atomic mass is 10.2. The molecule has 8 heteroatoms. The Morgan fingerprint density at radius 1 is 1.44 bits per heavy atom. The first kappa shape index (κ1) is 14.5. The van der Waals surface area contributed by atoms with Gasteiger partial charge in [0.25, 0.3) is 0 Å². The minimum absolute atomic E-state index is 0.154. The minimum atomic E-state index is -4.48. The topological polar surface area (TPSA) is 69.6 Å². The van der Waals surface area contributed by atoms with Crippen molar-refractivity contribution >= 4 is 12.0 Å². The second-order valence-corrected chi connectivity index (χ2v) is 3.39. The van der Waals surface area contributed by atoms with E-state index >= 15 is 0 Å². The summed E-state index contributed by atoms with van der Waals surface area (Å²) in [6, 6.07) is -0.953. The molecule has 0 radical (unpaired) electrons. The lowest BCUT2D eigenvalue weighted by Gasteiger charge is -2.20. The number of carbonyl (C=O) groups is 2. The molecular formula is C8H13F3N2O3. The molecule has 0 aromatic carbocycles.